The second kappa shape index (κ2) is 12.5. The number of ether oxygens (including phenoxy) is 1. The molecule has 2 amide bonds. The highest BCUT2D eigenvalue weighted by Gasteiger charge is 2.21. The Morgan fingerprint density at radius 1 is 1.33 bits per heavy atom. The van der Waals surface area contributed by atoms with Gasteiger partial charge in [-0.3, -0.25) is 4.79 Å². The average molecular weight is 424 g/mol. The molecule has 13 nitrogen and oxygen atoms in total. The molecule has 13 heteroatoms. The summed E-state index contributed by atoms with van der Waals surface area (Å²) in [6, 6.07) is 7.76. The van der Waals surface area contributed by atoms with Gasteiger partial charge in [-0.05, 0) is 18.4 Å². The van der Waals surface area contributed by atoms with E-state index in [0.717, 1.165) is 10.5 Å². The van der Waals surface area contributed by atoms with E-state index in [9.17, 15) is 29.6 Å². The van der Waals surface area contributed by atoms with Crippen molar-refractivity contribution in [2.45, 2.75) is 25.5 Å². The monoisotopic (exact) mass is 424 g/mol. The molecule has 5 N–H and O–H groups in total. The third-order valence-corrected chi connectivity index (χ3v) is 3.67. The summed E-state index contributed by atoms with van der Waals surface area (Å²) in [4.78, 5) is 50.2. The second-order valence-corrected chi connectivity index (χ2v) is 6.13. The van der Waals surface area contributed by atoms with Crippen LogP contribution in [-0.2, 0) is 20.9 Å². The lowest BCUT2D eigenvalue weighted by Crippen LogP contribution is -2.46. The highest BCUT2D eigenvalue weighted by Crippen LogP contribution is 2.03. The van der Waals surface area contributed by atoms with Crippen molar-refractivity contribution < 1.29 is 29.3 Å². The molecule has 0 radical (unpaired) electrons. The number of likely N-dealkylation sites (N-methyl/N-ethyl adjacent to an activating group) is 1. The van der Waals surface area contributed by atoms with Gasteiger partial charge in [0.15, 0.2) is 5.03 Å². The Morgan fingerprint density at radius 2 is 2.00 bits per heavy atom. The summed E-state index contributed by atoms with van der Waals surface area (Å²) in [7, 11) is 1.35. The molecule has 0 saturated carbocycles. The van der Waals surface area contributed by atoms with Crippen molar-refractivity contribution in [2.24, 2.45) is 10.7 Å². The predicted molar refractivity (Wildman–Crippen MR) is 105 cm³/mol. The first-order chi connectivity index (χ1) is 14.2. The Bertz CT molecular complexity index is 771. The molecule has 0 aliphatic carbocycles. The van der Waals surface area contributed by atoms with Crippen molar-refractivity contribution in [3.05, 3.63) is 46.0 Å². The minimum Gasteiger partial charge on any atom is -0.480 e. The predicted octanol–water partition coefficient (Wildman–Crippen LogP) is -0.299. The molecule has 0 saturated heterocycles. The Labute approximate surface area is 172 Å². The normalized spacial score (nSPS) is 11.8. The maximum Gasteiger partial charge on any atom is 0.410 e. The van der Waals surface area contributed by atoms with E-state index in [1.807, 2.05) is 6.07 Å². The third-order valence-electron chi connectivity index (χ3n) is 3.67. The third kappa shape index (κ3) is 9.87. The largest absolute Gasteiger partial charge is 0.480 e. The highest BCUT2D eigenvalue weighted by molar-refractivity contribution is 5.86. The number of nitrogens with zero attached hydrogens (tertiary/aromatic N) is 3. The number of amides is 2. The van der Waals surface area contributed by atoms with Gasteiger partial charge in [-0.15, -0.1) is 0 Å². The summed E-state index contributed by atoms with van der Waals surface area (Å²) in [5.74, 6) is -2.36. The van der Waals surface area contributed by atoms with Gasteiger partial charge in [-0.1, -0.05) is 35.8 Å². The molecule has 1 aromatic carbocycles. The lowest BCUT2D eigenvalue weighted by atomic mass is 10.1. The van der Waals surface area contributed by atoms with Crippen LogP contribution in [-0.4, -0.2) is 65.1 Å². The number of guanidine groups is 1. The van der Waals surface area contributed by atoms with Crippen molar-refractivity contribution in [1.29, 1.82) is 0 Å². The van der Waals surface area contributed by atoms with E-state index in [1.54, 1.807) is 29.7 Å². The van der Waals surface area contributed by atoms with Crippen molar-refractivity contribution >= 4 is 23.9 Å². The number of nitrogens with one attached hydrogen (secondary N) is 2. The number of hydrogen-bond donors (Lipinski definition) is 4. The highest BCUT2D eigenvalue weighted by atomic mass is 16.7. The smallest absolute Gasteiger partial charge is 0.410 e. The van der Waals surface area contributed by atoms with Crippen LogP contribution in [0.5, 0.6) is 0 Å². The lowest BCUT2D eigenvalue weighted by Gasteiger charge is -2.19. The fourth-order valence-electron chi connectivity index (χ4n) is 2.23. The summed E-state index contributed by atoms with van der Waals surface area (Å²) in [6.07, 6.45) is -0.519. The first kappa shape index (κ1) is 24.1. The van der Waals surface area contributed by atoms with Crippen LogP contribution in [0, 0.1) is 10.1 Å². The summed E-state index contributed by atoms with van der Waals surface area (Å²) in [5, 5.41) is 20.8. The number of nitro groups is 1. The number of aliphatic carboxylic acids is 1. The lowest BCUT2D eigenvalue weighted by molar-refractivity contribution is -0.525. The zero-order valence-electron chi connectivity index (χ0n) is 16.3. The van der Waals surface area contributed by atoms with Crippen LogP contribution < -0.4 is 16.5 Å². The second-order valence-electron chi connectivity index (χ2n) is 6.13. The van der Waals surface area contributed by atoms with Crippen LogP contribution in [0.4, 0.5) is 4.79 Å². The first-order valence-electron chi connectivity index (χ1n) is 8.84. The topological polar surface area (TPSA) is 189 Å². The van der Waals surface area contributed by atoms with E-state index in [0.29, 0.717) is 0 Å². The first-order valence-corrected chi connectivity index (χ1v) is 8.84. The molecule has 0 aromatic heterocycles. The van der Waals surface area contributed by atoms with Gasteiger partial charge >= 0.3 is 12.1 Å². The molecule has 0 fully saturated rings. The number of aliphatic imine (C=N–C) groups is 1. The summed E-state index contributed by atoms with van der Waals surface area (Å²) in [5.41, 5.74) is 7.68. The standard InChI is InChI=1S/C17H24N6O7/c1-22(17(27)30-11-12-6-3-2-4-7-12)10-14(24)20-13(15(25)26)8-5-9-19-16(18)21-23(28)29/h2-4,6-7,13H,5,8-11H2,1H3,(H,20,24)(H,25,26)(H3,18,19,21)/t13-/m0/s1. The molecule has 30 heavy (non-hydrogen) atoms. The van der Waals surface area contributed by atoms with Crippen LogP contribution in [0.25, 0.3) is 0 Å². The Hall–Kier alpha value is -3.90. The molecule has 0 spiro atoms. The maximum absolute atomic E-state index is 12.1. The average Bonchev–Trinajstić information content (AvgIpc) is 2.68. The van der Waals surface area contributed by atoms with Gasteiger partial charge in [0.2, 0.25) is 5.91 Å². The van der Waals surface area contributed by atoms with Crippen LogP contribution >= 0.6 is 0 Å². The van der Waals surface area contributed by atoms with E-state index in [1.165, 1.54) is 7.05 Å². The van der Waals surface area contributed by atoms with Gasteiger partial charge in [-0.25, -0.2) is 24.7 Å². The minimum absolute atomic E-state index is 0.0124. The quantitative estimate of drug-likeness (QED) is 0.121. The SMILES string of the molecule is CN(CC(=O)N[C@@H](CCCN=C(N)N[N+](=O)[O-])C(=O)O)C(=O)OCc1ccccc1. The van der Waals surface area contributed by atoms with Gasteiger partial charge < -0.3 is 25.8 Å². The van der Waals surface area contributed by atoms with Crippen LogP contribution in [0.15, 0.2) is 35.3 Å². The number of hydrogen-bond acceptors (Lipinski definition) is 7. The number of hydrazine groups is 1. The van der Waals surface area contributed by atoms with Gasteiger partial charge in [0.25, 0.3) is 5.96 Å². The fraction of sp³-hybridized carbons (Fsp3) is 0.412. The molecule has 164 valence electrons. The van der Waals surface area contributed by atoms with Gasteiger partial charge in [0.05, 0.1) is 0 Å². The Kier molecular flexibility index (Phi) is 10.1. The summed E-state index contributed by atoms with van der Waals surface area (Å²) >= 11 is 0. The Balaban J connectivity index is 2.41. The van der Waals surface area contributed by atoms with Crippen LogP contribution in [0.1, 0.15) is 18.4 Å². The molecule has 0 bridgehead atoms. The number of benzene rings is 1. The minimum atomic E-state index is -1.27. The molecule has 0 unspecified atom stereocenters. The molecule has 1 aromatic rings. The number of carbonyl (C=O) groups excluding carboxylic acids is 2. The van der Waals surface area contributed by atoms with Crippen LogP contribution in [0.2, 0.25) is 0 Å². The van der Waals surface area contributed by atoms with Gasteiger partial charge in [0, 0.05) is 13.6 Å². The Morgan fingerprint density at radius 3 is 2.60 bits per heavy atom. The van der Waals surface area contributed by atoms with Crippen molar-refractivity contribution in [1.82, 2.24) is 15.6 Å². The van der Waals surface area contributed by atoms with E-state index in [2.05, 4.69) is 10.3 Å². The number of nitrogens with two attached hydrogens (primary N) is 1. The van der Waals surface area contributed by atoms with E-state index < -0.39 is 41.5 Å². The fourth-order valence-corrected chi connectivity index (χ4v) is 2.23. The van der Waals surface area contributed by atoms with E-state index in [4.69, 9.17) is 10.5 Å². The molecule has 0 aliphatic rings. The van der Waals surface area contributed by atoms with E-state index >= 15 is 0 Å². The molecule has 1 atom stereocenters. The zero-order chi connectivity index (χ0) is 22.5. The number of rotatable bonds is 11. The molecular formula is C17H24N6O7. The van der Waals surface area contributed by atoms with Crippen molar-refractivity contribution in [3.8, 4) is 0 Å². The number of carboxylic acids is 1. The van der Waals surface area contributed by atoms with Crippen molar-refractivity contribution in [2.75, 3.05) is 20.1 Å². The maximum atomic E-state index is 12.1. The number of carboxylic acid groups (broad SMARTS) is 1. The van der Waals surface area contributed by atoms with Crippen LogP contribution in [0.3, 0.4) is 0 Å². The van der Waals surface area contributed by atoms with Gasteiger partial charge in [-0.2, -0.15) is 0 Å². The molecule has 1 rings (SSSR count). The molecule has 0 heterocycles. The molecular weight excluding hydrogens is 400 g/mol. The van der Waals surface area contributed by atoms with E-state index in [-0.39, 0.29) is 26.0 Å². The van der Waals surface area contributed by atoms with Crippen molar-refractivity contribution in [3.63, 3.8) is 0 Å². The van der Waals surface area contributed by atoms with Gasteiger partial charge in [0.1, 0.15) is 19.2 Å². The molecule has 0 aliphatic heterocycles. The summed E-state index contributed by atoms with van der Waals surface area (Å²) < 4.78 is 5.08. The number of carbonyl (C=O) groups is 3. The zero-order valence-corrected chi connectivity index (χ0v) is 16.3. The summed E-state index contributed by atoms with van der Waals surface area (Å²) in [6.45, 7) is -0.328.